The first-order valence-electron chi connectivity index (χ1n) is 7.24. The standard InChI is InChI=1S/C17H16ClNO3S/c1-2-22-15-10-6-9-14-17(15)16(23(18,20)21)12-19(14)11-13-7-4-3-5-8-13/h3-10,12H,2,11H2,1H3. The van der Waals surface area contributed by atoms with Crippen LogP contribution in [0.5, 0.6) is 5.75 Å². The highest BCUT2D eigenvalue weighted by Gasteiger charge is 2.22. The second kappa shape index (κ2) is 6.26. The first-order valence-corrected chi connectivity index (χ1v) is 9.55. The number of hydrogen-bond donors (Lipinski definition) is 0. The minimum atomic E-state index is -3.87. The molecule has 0 aliphatic heterocycles. The number of benzene rings is 2. The molecule has 0 saturated heterocycles. The predicted octanol–water partition coefficient (Wildman–Crippen LogP) is 4.02. The molecule has 1 aromatic heterocycles. The maximum atomic E-state index is 12.0. The highest BCUT2D eigenvalue weighted by Crippen LogP contribution is 2.35. The van der Waals surface area contributed by atoms with E-state index >= 15 is 0 Å². The zero-order valence-corrected chi connectivity index (χ0v) is 14.1. The largest absolute Gasteiger partial charge is 0.493 e. The smallest absolute Gasteiger partial charge is 0.263 e. The Balaban J connectivity index is 2.22. The molecule has 0 aliphatic rings. The van der Waals surface area contributed by atoms with Gasteiger partial charge in [-0.2, -0.15) is 0 Å². The van der Waals surface area contributed by atoms with Crippen LogP contribution in [-0.2, 0) is 15.6 Å². The molecule has 2 aromatic carbocycles. The summed E-state index contributed by atoms with van der Waals surface area (Å²) >= 11 is 0. The van der Waals surface area contributed by atoms with Gasteiger partial charge in [-0.3, -0.25) is 0 Å². The highest BCUT2D eigenvalue weighted by molar-refractivity contribution is 8.14. The second-order valence-electron chi connectivity index (χ2n) is 5.13. The molecule has 120 valence electrons. The molecule has 1 heterocycles. The van der Waals surface area contributed by atoms with Crippen LogP contribution in [0.15, 0.2) is 59.6 Å². The van der Waals surface area contributed by atoms with Crippen molar-refractivity contribution >= 4 is 30.6 Å². The van der Waals surface area contributed by atoms with Gasteiger partial charge in [0.25, 0.3) is 9.05 Å². The first kappa shape index (κ1) is 15.9. The molecule has 3 aromatic rings. The zero-order valence-electron chi connectivity index (χ0n) is 12.6. The Bertz CT molecular complexity index is 933. The van der Waals surface area contributed by atoms with Gasteiger partial charge in [0.1, 0.15) is 10.6 Å². The number of nitrogens with zero attached hydrogens (tertiary/aromatic N) is 1. The summed E-state index contributed by atoms with van der Waals surface area (Å²) < 4.78 is 31.4. The van der Waals surface area contributed by atoms with E-state index in [0.29, 0.717) is 24.3 Å². The molecule has 4 nitrogen and oxygen atoms in total. The molecule has 6 heteroatoms. The maximum absolute atomic E-state index is 12.0. The Morgan fingerprint density at radius 3 is 2.48 bits per heavy atom. The van der Waals surface area contributed by atoms with Gasteiger partial charge in [0.05, 0.1) is 17.5 Å². The van der Waals surface area contributed by atoms with Crippen molar-refractivity contribution in [2.75, 3.05) is 6.61 Å². The van der Waals surface area contributed by atoms with Crippen LogP contribution in [0.3, 0.4) is 0 Å². The van der Waals surface area contributed by atoms with E-state index in [1.165, 1.54) is 0 Å². The average Bonchev–Trinajstić information content (AvgIpc) is 2.89. The van der Waals surface area contributed by atoms with Crippen molar-refractivity contribution in [3.8, 4) is 5.75 Å². The fraction of sp³-hybridized carbons (Fsp3) is 0.176. The average molecular weight is 350 g/mol. The number of ether oxygens (including phenoxy) is 1. The molecule has 23 heavy (non-hydrogen) atoms. The van der Waals surface area contributed by atoms with Gasteiger partial charge in [0.2, 0.25) is 0 Å². The van der Waals surface area contributed by atoms with E-state index in [4.69, 9.17) is 15.4 Å². The van der Waals surface area contributed by atoms with Crippen LogP contribution < -0.4 is 4.74 Å². The van der Waals surface area contributed by atoms with E-state index in [1.54, 1.807) is 12.3 Å². The van der Waals surface area contributed by atoms with Gasteiger partial charge in [-0.1, -0.05) is 36.4 Å². The molecule has 0 unspecified atom stereocenters. The molecule has 0 amide bonds. The summed E-state index contributed by atoms with van der Waals surface area (Å²) in [5.74, 6) is 0.524. The van der Waals surface area contributed by atoms with Crippen molar-refractivity contribution in [1.82, 2.24) is 4.57 Å². The van der Waals surface area contributed by atoms with E-state index in [1.807, 2.05) is 54.0 Å². The van der Waals surface area contributed by atoms with Gasteiger partial charge in [-0.15, -0.1) is 0 Å². The van der Waals surface area contributed by atoms with Gasteiger partial charge in [-0.05, 0) is 24.6 Å². The van der Waals surface area contributed by atoms with E-state index in [2.05, 4.69) is 0 Å². The summed E-state index contributed by atoms with van der Waals surface area (Å²) in [5, 5.41) is 0.528. The molecule has 0 aliphatic carbocycles. The lowest BCUT2D eigenvalue weighted by Crippen LogP contribution is -1.98. The van der Waals surface area contributed by atoms with Crippen LogP contribution in [0.2, 0.25) is 0 Å². The molecular weight excluding hydrogens is 334 g/mol. The third-order valence-corrected chi connectivity index (χ3v) is 4.93. The Hall–Kier alpha value is -1.98. The summed E-state index contributed by atoms with van der Waals surface area (Å²) in [6.45, 7) is 2.86. The Morgan fingerprint density at radius 2 is 1.83 bits per heavy atom. The minimum absolute atomic E-state index is 0.0779. The SMILES string of the molecule is CCOc1cccc2c1c(S(=O)(=O)Cl)cn2Cc1ccccc1. The fourth-order valence-corrected chi connectivity index (χ4v) is 3.71. The summed E-state index contributed by atoms with van der Waals surface area (Å²) in [5.41, 5.74) is 1.85. The Morgan fingerprint density at radius 1 is 1.09 bits per heavy atom. The van der Waals surface area contributed by atoms with Gasteiger partial charge in [0.15, 0.2) is 0 Å². The molecule has 3 rings (SSSR count). The molecule has 0 spiro atoms. The summed E-state index contributed by atoms with van der Waals surface area (Å²) in [6, 6.07) is 15.3. The van der Waals surface area contributed by atoms with E-state index < -0.39 is 9.05 Å². The van der Waals surface area contributed by atoms with Gasteiger partial charge >= 0.3 is 0 Å². The zero-order chi connectivity index (χ0) is 16.4. The normalized spacial score (nSPS) is 11.7. The van der Waals surface area contributed by atoms with Crippen LogP contribution in [0.4, 0.5) is 0 Å². The molecule has 0 atom stereocenters. The van der Waals surface area contributed by atoms with E-state index in [0.717, 1.165) is 11.1 Å². The molecule has 0 bridgehead atoms. The molecular formula is C17H16ClNO3S. The van der Waals surface area contributed by atoms with Crippen molar-refractivity contribution in [2.24, 2.45) is 0 Å². The molecule has 0 radical (unpaired) electrons. The number of rotatable bonds is 5. The quantitative estimate of drug-likeness (QED) is 0.654. The van der Waals surface area contributed by atoms with Crippen molar-refractivity contribution in [3.05, 3.63) is 60.3 Å². The fourth-order valence-electron chi connectivity index (χ4n) is 2.65. The number of halogens is 1. The summed E-state index contributed by atoms with van der Waals surface area (Å²) in [6.07, 6.45) is 1.57. The van der Waals surface area contributed by atoms with Crippen LogP contribution in [0, 0.1) is 0 Å². The second-order valence-corrected chi connectivity index (χ2v) is 7.66. The lowest BCUT2D eigenvalue weighted by atomic mass is 10.2. The summed E-state index contributed by atoms with van der Waals surface area (Å²) in [4.78, 5) is 0.0779. The Labute approximate surface area is 139 Å². The molecule has 0 fully saturated rings. The van der Waals surface area contributed by atoms with E-state index in [-0.39, 0.29) is 4.90 Å². The van der Waals surface area contributed by atoms with Crippen LogP contribution >= 0.6 is 10.7 Å². The first-order chi connectivity index (χ1) is 11.0. The third-order valence-electron chi connectivity index (χ3n) is 3.59. The third kappa shape index (κ3) is 3.21. The lowest BCUT2D eigenvalue weighted by Gasteiger charge is -2.08. The van der Waals surface area contributed by atoms with Crippen molar-refractivity contribution in [3.63, 3.8) is 0 Å². The maximum Gasteiger partial charge on any atom is 0.263 e. The van der Waals surface area contributed by atoms with Crippen LogP contribution in [0.1, 0.15) is 12.5 Å². The Kier molecular flexibility index (Phi) is 4.33. The van der Waals surface area contributed by atoms with E-state index in [9.17, 15) is 8.42 Å². The van der Waals surface area contributed by atoms with Gasteiger partial charge in [-0.25, -0.2) is 8.42 Å². The number of fused-ring (bicyclic) bond motifs is 1. The highest BCUT2D eigenvalue weighted by atomic mass is 35.7. The van der Waals surface area contributed by atoms with Gasteiger partial charge in [0, 0.05) is 23.4 Å². The van der Waals surface area contributed by atoms with Gasteiger partial charge < -0.3 is 9.30 Å². The minimum Gasteiger partial charge on any atom is -0.493 e. The number of hydrogen-bond acceptors (Lipinski definition) is 3. The summed E-state index contributed by atoms with van der Waals surface area (Å²) in [7, 11) is 1.76. The molecule has 0 N–H and O–H groups in total. The predicted molar refractivity (Wildman–Crippen MR) is 91.7 cm³/mol. The lowest BCUT2D eigenvalue weighted by molar-refractivity contribution is 0.344. The van der Waals surface area contributed by atoms with Crippen LogP contribution in [0.25, 0.3) is 10.9 Å². The number of aromatic nitrogens is 1. The molecule has 0 saturated carbocycles. The topological polar surface area (TPSA) is 48.3 Å². The van der Waals surface area contributed by atoms with Crippen molar-refractivity contribution in [2.45, 2.75) is 18.4 Å². The monoisotopic (exact) mass is 349 g/mol. The van der Waals surface area contributed by atoms with Crippen molar-refractivity contribution in [1.29, 1.82) is 0 Å². The van der Waals surface area contributed by atoms with Crippen LogP contribution in [-0.4, -0.2) is 19.6 Å². The van der Waals surface area contributed by atoms with Crippen molar-refractivity contribution < 1.29 is 13.2 Å².